The molecule has 1 heteroatoms. The van der Waals surface area contributed by atoms with Crippen molar-refractivity contribution in [3.63, 3.8) is 0 Å². The Hall–Kier alpha value is -0.610. The average molecular weight is 266 g/mol. The van der Waals surface area contributed by atoms with Crippen molar-refractivity contribution in [1.29, 1.82) is 0 Å². The first kappa shape index (κ1) is 17.4. The maximum atomic E-state index is 3.97. The van der Waals surface area contributed by atoms with Gasteiger partial charge in [0.1, 0.15) is 0 Å². The second-order valence-electron chi connectivity index (χ2n) is 5.20. The van der Waals surface area contributed by atoms with Crippen LogP contribution in [-0.2, 0) is 0 Å². The summed E-state index contributed by atoms with van der Waals surface area (Å²) in [5.41, 5.74) is 0.795. The first-order chi connectivity index (χ1) is 8.70. The molecule has 1 unspecified atom stereocenters. The van der Waals surface area contributed by atoms with Gasteiger partial charge < -0.3 is 0 Å². The SMILES string of the molecule is C=CCC(CCCC)[PH](CC=C)(CC=C)CC=C. The fourth-order valence-electron chi connectivity index (χ4n) is 2.94. The van der Waals surface area contributed by atoms with E-state index in [-0.39, 0.29) is 0 Å². The van der Waals surface area contributed by atoms with Crippen molar-refractivity contribution in [3.8, 4) is 0 Å². The van der Waals surface area contributed by atoms with Gasteiger partial charge in [0, 0.05) is 0 Å². The van der Waals surface area contributed by atoms with Crippen LogP contribution in [-0.4, -0.2) is 24.1 Å². The van der Waals surface area contributed by atoms with Crippen LogP contribution in [0.3, 0.4) is 0 Å². The molecule has 0 aromatic carbocycles. The predicted octanol–water partition coefficient (Wildman–Crippen LogP) is 5.43. The summed E-state index contributed by atoms with van der Waals surface area (Å²) >= 11 is 0. The van der Waals surface area contributed by atoms with E-state index in [1.54, 1.807) is 0 Å². The molecule has 0 saturated carbocycles. The number of rotatable bonds is 12. The van der Waals surface area contributed by atoms with Crippen LogP contribution in [0.4, 0.5) is 0 Å². The number of hydrogen-bond donors (Lipinski definition) is 0. The topological polar surface area (TPSA) is 0 Å². The van der Waals surface area contributed by atoms with Gasteiger partial charge in [-0.25, -0.2) is 0 Å². The second-order valence-corrected chi connectivity index (χ2v) is 9.97. The van der Waals surface area contributed by atoms with Gasteiger partial charge >= 0.3 is 115 Å². The summed E-state index contributed by atoms with van der Waals surface area (Å²) in [5.74, 6) is 0. The maximum absolute atomic E-state index is 3.97. The van der Waals surface area contributed by atoms with Crippen LogP contribution in [0.2, 0.25) is 0 Å². The van der Waals surface area contributed by atoms with E-state index in [1.165, 1.54) is 37.7 Å². The molecule has 0 aliphatic heterocycles. The average Bonchev–Trinajstić information content (AvgIpc) is 2.35. The summed E-state index contributed by atoms with van der Waals surface area (Å²) < 4.78 is 0. The van der Waals surface area contributed by atoms with E-state index in [2.05, 4.69) is 57.5 Å². The molecule has 0 aromatic heterocycles. The molecule has 0 aliphatic carbocycles. The Bertz CT molecular complexity index is 238. The fraction of sp³-hybridized carbons (Fsp3) is 0.529. The van der Waals surface area contributed by atoms with Crippen LogP contribution in [0, 0.1) is 0 Å². The zero-order chi connectivity index (χ0) is 13.9. The Kier molecular flexibility index (Phi) is 9.98. The summed E-state index contributed by atoms with van der Waals surface area (Å²) in [5, 5.41) is 0. The second kappa shape index (κ2) is 10.3. The molecule has 18 heavy (non-hydrogen) atoms. The standard InChI is InChI=1S/C17H31P/c1-6-11-13-17(12-7-2)18(14-8-3,15-9-4)16-10-5/h7-10,17-18H,2-6,11-16H2,1H3. The third kappa shape index (κ3) is 5.36. The summed E-state index contributed by atoms with van der Waals surface area (Å²) in [6.07, 6.45) is 17.0. The third-order valence-corrected chi connectivity index (χ3v) is 9.44. The van der Waals surface area contributed by atoms with Crippen molar-refractivity contribution in [2.24, 2.45) is 0 Å². The summed E-state index contributed by atoms with van der Waals surface area (Å²) in [6.45, 7) is 18.1. The molecule has 0 amide bonds. The molecular weight excluding hydrogens is 235 g/mol. The van der Waals surface area contributed by atoms with Crippen molar-refractivity contribution >= 4 is 7.26 Å². The zero-order valence-corrected chi connectivity index (χ0v) is 13.2. The fourth-order valence-corrected chi connectivity index (χ4v) is 7.65. The van der Waals surface area contributed by atoms with Crippen molar-refractivity contribution < 1.29 is 0 Å². The minimum atomic E-state index is -1.41. The van der Waals surface area contributed by atoms with Gasteiger partial charge in [-0.05, 0) is 0 Å². The summed E-state index contributed by atoms with van der Waals surface area (Å²) in [7, 11) is -1.41. The van der Waals surface area contributed by atoms with Crippen molar-refractivity contribution in [3.05, 3.63) is 50.6 Å². The van der Waals surface area contributed by atoms with Gasteiger partial charge in [-0.15, -0.1) is 0 Å². The van der Waals surface area contributed by atoms with E-state index < -0.39 is 7.26 Å². The zero-order valence-electron chi connectivity index (χ0n) is 12.2. The van der Waals surface area contributed by atoms with Crippen LogP contribution in [0.1, 0.15) is 32.6 Å². The van der Waals surface area contributed by atoms with E-state index in [9.17, 15) is 0 Å². The number of hydrogen-bond acceptors (Lipinski definition) is 0. The molecule has 0 fully saturated rings. The first-order valence-electron chi connectivity index (χ1n) is 7.14. The van der Waals surface area contributed by atoms with Gasteiger partial charge in [0.05, 0.1) is 0 Å². The van der Waals surface area contributed by atoms with Gasteiger partial charge in [0.2, 0.25) is 0 Å². The Labute approximate surface area is 115 Å². The predicted molar refractivity (Wildman–Crippen MR) is 91.6 cm³/mol. The Balaban J connectivity index is 5.10. The molecule has 0 rings (SSSR count). The van der Waals surface area contributed by atoms with E-state index in [4.69, 9.17) is 0 Å². The monoisotopic (exact) mass is 266 g/mol. The Morgan fingerprint density at radius 1 is 0.889 bits per heavy atom. The summed E-state index contributed by atoms with van der Waals surface area (Å²) in [4.78, 5) is 0. The molecule has 0 heterocycles. The first-order valence-corrected chi connectivity index (χ1v) is 9.84. The molecule has 0 aliphatic rings. The molecule has 104 valence electrons. The van der Waals surface area contributed by atoms with E-state index in [0.29, 0.717) is 0 Å². The molecule has 0 bridgehead atoms. The van der Waals surface area contributed by atoms with Gasteiger partial charge in [-0.1, -0.05) is 0 Å². The number of allylic oxidation sites excluding steroid dienone is 4. The van der Waals surface area contributed by atoms with Crippen LogP contribution in [0.15, 0.2) is 50.6 Å². The van der Waals surface area contributed by atoms with Gasteiger partial charge in [-0.3, -0.25) is 0 Å². The molecule has 0 spiro atoms. The molecule has 0 aromatic rings. The quantitative estimate of drug-likeness (QED) is 0.326. The Morgan fingerprint density at radius 3 is 1.72 bits per heavy atom. The van der Waals surface area contributed by atoms with Gasteiger partial charge in [0.15, 0.2) is 0 Å². The molecule has 1 atom stereocenters. The molecular formula is C17H31P. The van der Waals surface area contributed by atoms with E-state index >= 15 is 0 Å². The van der Waals surface area contributed by atoms with Crippen LogP contribution < -0.4 is 0 Å². The van der Waals surface area contributed by atoms with E-state index in [1.807, 2.05) is 0 Å². The van der Waals surface area contributed by atoms with Crippen molar-refractivity contribution in [2.45, 2.75) is 38.3 Å². The van der Waals surface area contributed by atoms with Crippen LogP contribution in [0.25, 0.3) is 0 Å². The molecule has 0 nitrogen and oxygen atoms in total. The Morgan fingerprint density at radius 2 is 1.39 bits per heavy atom. The van der Waals surface area contributed by atoms with Gasteiger partial charge in [0.25, 0.3) is 0 Å². The molecule has 0 N–H and O–H groups in total. The number of unbranched alkanes of at least 4 members (excludes halogenated alkanes) is 1. The normalized spacial score (nSPS) is 13.6. The van der Waals surface area contributed by atoms with Crippen molar-refractivity contribution in [2.75, 3.05) is 18.5 Å². The minimum absolute atomic E-state index is 0.795. The van der Waals surface area contributed by atoms with E-state index in [0.717, 1.165) is 12.1 Å². The molecule has 0 radical (unpaired) electrons. The van der Waals surface area contributed by atoms with Gasteiger partial charge in [-0.2, -0.15) is 0 Å². The van der Waals surface area contributed by atoms with Crippen LogP contribution >= 0.6 is 7.26 Å². The summed E-state index contributed by atoms with van der Waals surface area (Å²) in [6, 6.07) is 0. The molecule has 0 saturated heterocycles. The van der Waals surface area contributed by atoms with Crippen LogP contribution in [0.5, 0.6) is 0 Å². The third-order valence-electron chi connectivity index (χ3n) is 3.88. The van der Waals surface area contributed by atoms with Crippen molar-refractivity contribution in [1.82, 2.24) is 0 Å².